The molecule has 2 aromatic rings. The fourth-order valence-electron chi connectivity index (χ4n) is 2.85. The number of rotatable bonds is 3. The summed E-state index contributed by atoms with van der Waals surface area (Å²) in [7, 11) is 0. The summed E-state index contributed by atoms with van der Waals surface area (Å²) >= 11 is 6.40. The van der Waals surface area contributed by atoms with Gasteiger partial charge in [-0.05, 0) is 43.2 Å². The van der Waals surface area contributed by atoms with Crippen LogP contribution in [0.15, 0.2) is 30.5 Å². The topological polar surface area (TPSA) is 34.2 Å². The van der Waals surface area contributed by atoms with Crippen LogP contribution in [0.3, 0.4) is 0 Å². The molecular formula is C17H19ClN2O. The summed E-state index contributed by atoms with van der Waals surface area (Å²) in [6.45, 7) is 5.56. The van der Waals surface area contributed by atoms with E-state index in [2.05, 4.69) is 17.2 Å². The Balaban J connectivity index is 1.85. The molecule has 4 heteroatoms. The SMILES string of the molecule is Cc1cc2c(c(C)c1Cl)C(NCc1ccccn1)CCO2. The van der Waals surface area contributed by atoms with E-state index in [1.807, 2.05) is 37.4 Å². The van der Waals surface area contributed by atoms with Crippen LogP contribution in [0.4, 0.5) is 0 Å². The normalized spacial score (nSPS) is 17.2. The van der Waals surface area contributed by atoms with Gasteiger partial charge in [-0.15, -0.1) is 0 Å². The van der Waals surface area contributed by atoms with Crippen LogP contribution >= 0.6 is 11.6 Å². The predicted molar refractivity (Wildman–Crippen MR) is 84.9 cm³/mol. The number of hydrogen-bond donors (Lipinski definition) is 1. The molecule has 0 amide bonds. The van der Waals surface area contributed by atoms with Gasteiger partial charge in [-0.1, -0.05) is 17.7 Å². The molecule has 2 heterocycles. The zero-order valence-corrected chi connectivity index (χ0v) is 13.1. The molecule has 3 rings (SSSR count). The maximum absolute atomic E-state index is 6.40. The van der Waals surface area contributed by atoms with E-state index in [0.29, 0.717) is 0 Å². The van der Waals surface area contributed by atoms with Gasteiger partial charge in [0.25, 0.3) is 0 Å². The van der Waals surface area contributed by atoms with E-state index >= 15 is 0 Å². The first-order valence-corrected chi connectivity index (χ1v) is 7.60. The van der Waals surface area contributed by atoms with Gasteiger partial charge in [0.1, 0.15) is 5.75 Å². The van der Waals surface area contributed by atoms with Crippen molar-refractivity contribution in [1.82, 2.24) is 10.3 Å². The van der Waals surface area contributed by atoms with E-state index in [9.17, 15) is 0 Å². The lowest BCUT2D eigenvalue weighted by Crippen LogP contribution is -2.28. The quantitative estimate of drug-likeness (QED) is 0.931. The van der Waals surface area contributed by atoms with Gasteiger partial charge in [0.2, 0.25) is 0 Å². The van der Waals surface area contributed by atoms with Gasteiger partial charge in [-0.3, -0.25) is 4.98 Å². The van der Waals surface area contributed by atoms with Crippen molar-refractivity contribution in [2.75, 3.05) is 6.61 Å². The van der Waals surface area contributed by atoms with Crippen molar-refractivity contribution in [3.8, 4) is 5.75 Å². The molecule has 1 unspecified atom stereocenters. The molecule has 21 heavy (non-hydrogen) atoms. The van der Waals surface area contributed by atoms with E-state index in [1.54, 1.807) is 0 Å². The van der Waals surface area contributed by atoms with E-state index in [0.717, 1.165) is 47.2 Å². The first-order chi connectivity index (χ1) is 10.2. The average molecular weight is 303 g/mol. The van der Waals surface area contributed by atoms with Crippen LogP contribution in [-0.4, -0.2) is 11.6 Å². The van der Waals surface area contributed by atoms with Crippen molar-refractivity contribution in [3.05, 3.63) is 57.9 Å². The highest BCUT2D eigenvalue weighted by molar-refractivity contribution is 6.32. The summed E-state index contributed by atoms with van der Waals surface area (Å²) in [5.41, 5.74) is 4.41. The van der Waals surface area contributed by atoms with Crippen LogP contribution in [0.5, 0.6) is 5.75 Å². The molecule has 1 N–H and O–H groups in total. The molecule has 0 fully saturated rings. The van der Waals surface area contributed by atoms with Gasteiger partial charge in [0.15, 0.2) is 0 Å². The van der Waals surface area contributed by atoms with Crippen molar-refractivity contribution in [2.45, 2.75) is 32.9 Å². The number of aryl methyl sites for hydroxylation is 1. The summed E-state index contributed by atoms with van der Waals surface area (Å²) in [5.74, 6) is 0.958. The van der Waals surface area contributed by atoms with Gasteiger partial charge in [-0.2, -0.15) is 0 Å². The second-order valence-electron chi connectivity index (χ2n) is 5.44. The van der Waals surface area contributed by atoms with E-state index in [-0.39, 0.29) is 6.04 Å². The second-order valence-corrected chi connectivity index (χ2v) is 5.81. The molecule has 0 saturated carbocycles. The van der Waals surface area contributed by atoms with Crippen LogP contribution in [0.2, 0.25) is 5.02 Å². The highest BCUT2D eigenvalue weighted by atomic mass is 35.5. The highest BCUT2D eigenvalue weighted by Gasteiger charge is 2.25. The van der Waals surface area contributed by atoms with Crippen LogP contribution in [0.1, 0.15) is 34.8 Å². The van der Waals surface area contributed by atoms with Gasteiger partial charge in [0.05, 0.1) is 12.3 Å². The summed E-state index contributed by atoms with van der Waals surface area (Å²) in [4.78, 5) is 4.35. The Labute approximate surface area is 130 Å². The molecule has 1 atom stereocenters. The molecule has 0 spiro atoms. The Morgan fingerprint density at radius 3 is 3.00 bits per heavy atom. The predicted octanol–water partition coefficient (Wildman–Crippen LogP) is 3.97. The lowest BCUT2D eigenvalue weighted by Gasteiger charge is -2.29. The number of nitrogens with one attached hydrogen (secondary N) is 1. The van der Waals surface area contributed by atoms with Crippen LogP contribution in [0, 0.1) is 13.8 Å². The maximum atomic E-state index is 6.40. The van der Waals surface area contributed by atoms with Crippen molar-refractivity contribution in [2.24, 2.45) is 0 Å². The molecule has 0 bridgehead atoms. The first-order valence-electron chi connectivity index (χ1n) is 7.22. The van der Waals surface area contributed by atoms with Crippen LogP contribution < -0.4 is 10.1 Å². The molecule has 1 aromatic heterocycles. The first kappa shape index (κ1) is 14.4. The van der Waals surface area contributed by atoms with Crippen LogP contribution in [0.25, 0.3) is 0 Å². The highest BCUT2D eigenvalue weighted by Crippen LogP contribution is 2.39. The van der Waals surface area contributed by atoms with Crippen LogP contribution in [-0.2, 0) is 6.54 Å². The lowest BCUT2D eigenvalue weighted by molar-refractivity contribution is 0.251. The molecule has 3 nitrogen and oxygen atoms in total. The smallest absolute Gasteiger partial charge is 0.124 e. The molecule has 110 valence electrons. The minimum Gasteiger partial charge on any atom is -0.493 e. The number of halogens is 1. The van der Waals surface area contributed by atoms with Gasteiger partial charge in [0, 0.05) is 35.8 Å². The number of fused-ring (bicyclic) bond motifs is 1. The zero-order valence-electron chi connectivity index (χ0n) is 12.3. The van der Waals surface area contributed by atoms with Gasteiger partial charge < -0.3 is 10.1 Å². The standard InChI is InChI=1S/C17H19ClN2O/c1-11-9-15-16(12(2)17(11)18)14(6-8-21-15)20-10-13-5-3-4-7-19-13/h3-5,7,9,14,20H,6,8,10H2,1-2H3. The Bertz CT molecular complexity index is 643. The number of pyridine rings is 1. The Kier molecular flexibility index (Phi) is 4.13. The molecule has 0 aliphatic carbocycles. The number of hydrogen-bond acceptors (Lipinski definition) is 3. The Morgan fingerprint density at radius 2 is 2.24 bits per heavy atom. The van der Waals surface area contributed by atoms with Crippen molar-refractivity contribution >= 4 is 11.6 Å². The summed E-state index contributed by atoms with van der Waals surface area (Å²) in [6.07, 6.45) is 2.76. The molecule has 0 saturated heterocycles. The maximum Gasteiger partial charge on any atom is 0.124 e. The zero-order chi connectivity index (χ0) is 14.8. The second kappa shape index (κ2) is 6.04. The Hall–Kier alpha value is -1.58. The molecule has 1 aromatic carbocycles. The average Bonchev–Trinajstić information content (AvgIpc) is 2.51. The molecule has 0 radical (unpaired) electrons. The van der Waals surface area contributed by atoms with E-state index < -0.39 is 0 Å². The number of nitrogens with zero attached hydrogens (tertiary/aromatic N) is 1. The summed E-state index contributed by atoms with van der Waals surface area (Å²) in [6, 6.07) is 8.27. The summed E-state index contributed by atoms with van der Waals surface area (Å²) < 4.78 is 5.81. The lowest BCUT2D eigenvalue weighted by atomic mass is 9.94. The van der Waals surface area contributed by atoms with E-state index in [4.69, 9.17) is 16.3 Å². The van der Waals surface area contributed by atoms with E-state index in [1.165, 1.54) is 5.56 Å². The third-order valence-electron chi connectivity index (χ3n) is 3.96. The monoisotopic (exact) mass is 302 g/mol. The minimum absolute atomic E-state index is 0.258. The molecular weight excluding hydrogens is 284 g/mol. The van der Waals surface area contributed by atoms with Crippen molar-refractivity contribution < 1.29 is 4.74 Å². The third-order valence-corrected chi connectivity index (χ3v) is 4.54. The van der Waals surface area contributed by atoms with Crippen molar-refractivity contribution in [1.29, 1.82) is 0 Å². The fraction of sp³-hybridized carbons (Fsp3) is 0.353. The molecule has 1 aliphatic rings. The summed E-state index contributed by atoms with van der Waals surface area (Å²) in [5, 5.41) is 4.42. The van der Waals surface area contributed by atoms with Crippen molar-refractivity contribution in [3.63, 3.8) is 0 Å². The Morgan fingerprint density at radius 1 is 1.38 bits per heavy atom. The number of aromatic nitrogens is 1. The van der Waals surface area contributed by atoms with Gasteiger partial charge in [-0.25, -0.2) is 0 Å². The van der Waals surface area contributed by atoms with Gasteiger partial charge >= 0.3 is 0 Å². The number of ether oxygens (including phenoxy) is 1. The minimum atomic E-state index is 0.258. The third kappa shape index (κ3) is 2.89. The molecule has 1 aliphatic heterocycles. The fourth-order valence-corrected chi connectivity index (χ4v) is 3.01. The largest absolute Gasteiger partial charge is 0.493 e. The number of benzene rings is 1.